The zero-order chi connectivity index (χ0) is 12.8. The number of nitrogens with two attached hydrogens (primary N) is 1. The Kier molecular flexibility index (Phi) is 6.76. The zero-order valence-corrected chi connectivity index (χ0v) is 10.8. The number of carbonyl (C=O) groups is 1. The molecule has 0 aliphatic heterocycles. The summed E-state index contributed by atoms with van der Waals surface area (Å²) < 4.78 is -2.17. The third-order valence-corrected chi connectivity index (χ3v) is 2.05. The summed E-state index contributed by atoms with van der Waals surface area (Å²) in [7, 11) is 0. The molecule has 6 heteroatoms. The highest BCUT2D eigenvalue weighted by atomic mass is 35.6. The average Bonchev–Trinajstić information content (AvgIpc) is 2.18. The molecule has 3 nitrogen and oxygen atoms in total. The molecule has 0 spiro atoms. The highest BCUT2D eigenvalue weighted by molar-refractivity contribution is 6.75. The molecular weight excluding hydrogens is 272 g/mol. The second-order valence-corrected chi connectivity index (χ2v) is 5.28. The molecule has 0 aliphatic carbocycles. The van der Waals surface area contributed by atoms with Gasteiger partial charge < -0.3 is 10.8 Å². The fourth-order valence-electron chi connectivity index (χ4n) is 0.757. The van der Waals surface area contributed by atoms with E-state index in [0.29, 0.717) is 0 Å². The number of carboxylic acid groups (broad SMARTS) is 1. The van der Waals surface area contributed by atoms with Gasteiger partial charge in [0.05, 0.1) is 0 Å². The maximum Gasteiger partial charge on any atom is 0.356 e. The number of hydrogen-bond acceptors (Lipinski definition) is 2. The molecule has 0 saturated heterocycles. The first-order valence-electron chi connectivity index (χ1n) is 4.35. The van der Waals surface area contributed by atoms with Crippen LogP contribution in [-0.2, 0) is 4.79 Å². The number of halogens is 3. The minimum atomic E-state index is -2.17. The van der Waals surface area contributed by atoms with E-state index in [1.54, 1.807) is 0 Å². The Labute approximate surface area is 109 Å². The van der Waals surface area contributed by atoms with Crippen LogP contribution in [0.1, 0.15) is 18.5 Å². The Morgan fingerprint density at radius 1 is 1.31 bits per heavy atom. The number of benzene rings is 1. The van der Waals surface area contributed by atoms with Crippen LogP contribution in [0.15, 0.2) is 30.3 Å². The number of hydrogen-bond donors (Lipinski definition) is 2. The van der Waals surface area contributed by atoms with E-state index in [0.717, 1.165) is 0 Å². The van der Waals surface area contributed by atoms with Crippen molar-refractivity contribution in [2.45, 2.75) is 16.8 Å². The van der Waals surface area contributed by atoms with E-state index in [1.807, 2.05) is 37.3 Å². The molecule has 1 aromatic rings. The van der Waals surface area contributed by atoms with Gasteiger partial charge in [-0.25, -0.2) is 4.79 Å². The summed E-state index contributed by atoms with van der Waals surface area (Å²) in [6.07, 6.45) is 0. The van der Waals surface area contributed by atoms with Crippen molar-refractivity contribution in [1.82, 2.24) is 0 Å². The van der Waals surface area contributed by atoms with E-state index in [9.17, 15) is 4.79 Å². The first-order chi connectivity index (χ1) is 7.25. The van der Waals surface area contributed by atoms with Crippen molar-refractivity contribution < 1.29 is 9.90 Å². The minimum absolute atomic E-state index is 0.159. The second-order valence-electron chi connectivity index (χ2n) is 3.00. The van der Waals surface area contributed by atoms with E-state index in [-0.39, 0.29) is 6.04 Å². The number of alkyl halides is 3. The van der Waals surface area contributed by atoms with Crippen LogP contribution in [0.2, 0.25) is 0 Å². The lowest BCUT2D eigenvalue weighted by molar-refractivity contribution is -0.135. The summed E-state index contributed by atoms with van der Waals surface area (Å²) in [6.45, 7) is 1.98. The molecule has 0 bridgehead atoms. The minimum Gasteiger partial charge on any atom is -0.478 e. The second kappa shape index (κ2) is 6.97. The molecule has 90 valence electrons. The molecule has 0 radical (unpaired) electrons. The zero-order valence-electron chi connectivity index (χ0n) is 8.53. The van der Waals surface area contributed by atoms with Crippen molar-refractivity contribution in [2.75, 3.05) is 0 Å². The standard InChI is InChI=1S/C8H11N.C2HCl3O2/c1-7(9)8-5-3-2-4-6-8;3-2(4,5)1(6)7/h2-7H,9H2,1H3;(H,6,7). The van der Waals surface area contributed by atoms with Crippen molar-refractivity contribution in [3.05, 3.63) is 35.9 Å². The monoisotopic (exact) mass is 283 g/mol. The van der Waals surface area contributed by atoms with Gasteiger partial charge in [-0.1, -0.05) is 65.1 Å². The SMILES string of the molecule is CC(N)c1ccccc1.O=C(O)C(Cl)(Cl)Cl. The van der Waals surface area contributed by atoms with Gasteiger partial charge in [0.1, 0.15) is 0 Å². The molecule has 0 aromatic heterocycles. The van der Waals surface area contributed by atoms with Gasteiger partial charge >= 0.3 is 5.97 Å². The van der Waals surface area contributed by atoms with E-state index < -0.39 is 9.76 Å². The third kappa shape index (κ3) is 6.90. The van der Waals surface area contributed by atoms with Crippen molar-refractivity contribution in [3.63, 3.8) is 0 Å². The van der Waals surface area contributed by atoms with Crippen molar-refractivity contribution in [2.24, 2.45) is 5.73 Å². The van der Waals surface area contributed by atoms with Crippen LogP contribution < -0.4 is 5.73 Å². The topological polar surface area (TPSA) is 63.3 Å². The molecule has 1 unspecified atom stereocenters. The summed E-state index contributed by atoms with van der Waals surface area (Å²) in [4.78, 5) is 9.62. The van der Waals surface area contributed by atoms with Gasteiger partial charge in [0.2, 0.25) is 0 Å². The van der Waals surface area contributed by atoms with Crippen LogP contribution in [0.5, 0.6) is 0 Å². The summed E-state index contributed by atoms with van der Waals surface area (Å²) >= 11 is 14.4. The molecule has 3 N–H and O–H groups in total. The lowest BCUT2D eigenvalue weighted by Crippen LogP contribution is -2.16. The maximum atomic E-state index is 9.62. The van der Waals surface area contributed by atoms with Gasteiger partial charge in [-0.05, 0) is 12.5 Å². The number of aliphatic carboxylic acids is 1. The molecule has 0 amide bonds. The lowest BCUT2D eigenvalue weighted by Gasteiger charge is -2.02. The normalized spacial score (nSPS) is 12.3. The molecular formula is C10H12Cl3NO2. The van der Waals surface area contributed by atoms with Crippen LogP contribution >= 0.6 is 34.8 Å². The molecule has 16 heavy (non-hydrogen) atoms. The summed E-state index contributed by atoms with van der Waals surface area (Å²) in [6, 6.07) is 10.2. The van der Waals surface area contributed by atoms with Crippen LogP contribution in [0, 0.1) is 0 Å². The molecule has 0 fully saturated rings. The predicted octanol–water partition coefficient (Wildman–Crippen LogP) is 3.15. The van der Waals surface area contributed by atoms with Crippen LogP contribution in [-0.4, -0.2) is 14.9 Å². The van der Waals surface area contributed by atoms with Crippen LogP contribution in [0.4, 0.5) is 0 Å². The van der Waals surface area contributed by atoms with Gasteiger partial charge in [-0.2, -0.15) is 0 Å². The van der Waals surface area contributed by atoms with E-state index in [1.165, 1.54) is 5.56 Å². The molecule has 0 heterocycles. The molecule has 1 rings (SSSR count). The maximum absolute atomic E-state index is 9.62. The Bertz CT molecular complexity index is 323. The average molecular weight is 285 g/mol. The van der Waals surface area contributed by atoms with Gasteiger partial charge in [0, 0.05) is 6.04 Å². The quantitative estimate of drug-likeness (QED) is 0.779. The van der Waals surface area contributed by atoms with Crippen molar-refractivity contribution in [3.8, 4) is 0 Å². The van der Waals surface area contributed by atoms with E-state index in [2.05, 4.69) is 0 Å². The Morgan fingerprint density at radius 3 is 1.88 bits per heavy atom. The smallest absolute Gasteiger partial charge is 0.356 e. The van der Waals surface area contributed by atoms with Gasteiger partial charge in [-0.3, -0.25) is 0 Å². The fraction of sp³-hybridized carbons (Fsp3) is 0.300. The predicted molar refractivity (Wildman–Crippen MR) is 67.0 cm³/mol. The molecule has 1 aromatic carbocycles. The van der Waals surface area contributed by atoms with Gasteiger partial charge in [-0.15, -0.1) is 0 Å². The molecule has 1 atom stereocenters. The number of carboxylic acids is 1. The van der Waals surface area contributed by atoms with Crippen LogP contribution in [0.25, 0.3) is 0 Å². The van der Waals surface area contributed by atoms with Crippen molar-refractivity contribution in [1.29, 1.82) is 0 Å². The van der Waals surface area contributed by atoms with Gasteiger partial charge in [0.15, 0.2) is 0 Å². The van der Waals surface area contributed by atoms with E-state index >= 15 is 0 Å². The van der Waals surface area contributed by atoms with E-state index in [4.69, 9.17) is 45.6 Å². The Balaban J connectivity index is 0.000000293. The highest BCUT2D eigenvalue weighted by Crippen LogP contribution is 2.25. The Morgan fingerprint density at radius 2 is 1.69 bits per heavy atom. The summed E-state index contributed by atoms with van der Waals surface area (Å²) in [5, 5.41) is 7.85. The molecule has 0 saturated carbocycles. The molecule has 0 aliphatic rings. The lowest BCUT2D eigenvalue weighted by atomic mass is 10.1. The summed E-state index contributed by atoms with van der Waals surface area (Å²) in [5.74, 6) is -1.46. The first kappa shape index (κ1) is 15.5. The van der Waals surface area contributed by atoms with Crippen LogP contribution in [0.3, 0.4) is 0 Å². The van der Waals surface area contributed by atoms with Crippen molar-refractivity contribution >= 4 is 40.8 Å². The Hall–Kier alpha value is -0.480. The largest absolute Gasteiger partial charge is 0.478 e. The number of rotatable bonds is 1. The summed E-state index contributed by atoms with van der Waals surface area (Å²) in [5.41, 5.74) is 6.81. The third-order valence-electron chi connectivity index (χ3n) is 1.57. The fourth-order valence-corrected chi connectivity index (χ4v) is 0.757. The highest BCUT2D eigenvalue weighted by Gasteiger charge is 2.29. The van der Waals surface area contributed by atoms with Gasteiger partial charge in [0.25, 0.3) is 3.79 Å². The first-order valence-corrected chi connectivity index (χ1v) is 5.49.